The normalized spacial score (nSPS) is 27.4. The molecule has 1 fully saturated rings. The van der Waals surface area contributed by atoms with Crippen molar-refractivity contribution < 1.29 is 5.11 Å². The lowest BCUT2D eigenvalue weighted by molar-refractivity contribution is 0.0669. The van der Waals surface area contributed by atoms with Crippen molar-refractivity contribution >= 4 is 0 Å². The van der Waals surface area contributed by atoms with Crippen LogP contribution in [0.15, 0.2) is 0 Å². The standard InChI is InChI=1S/C17H36N2O/c1-5-18-13-17(9-7-16(4)8-10-17)14-19(15(2)3)11-6-12-20/h15-16,18,20H,5-14H2,1-4H3. The van der Waals surface area contributed by atoms with E-state index in [-0.39, 0.29) is 0 Å². The van der Waals surface area contributed by atoms with Gasteiger partial charge in [0, 0.05) is 32.3 Å². The molecule has 1 aliphatic rings. The van der Waals surface area contributed by atoms with Gasteiger partial charge in [-0.1, -0.05) is 26.7 Å². The molecular formula is C17H36N2O. The van der Waals surface area contributed by atoms with Crippen molar-refractivity contribution in [1.82, 2.24) is 10.2 Å². The minimum absolute atomic E-state index is 0.306. The van der Waals surface area contributed by atoms with Crippen molar-refractivity contribution in [2.24, 2.45) is 11.3 Å². The number of nitrogens with zero attached hydrogens (tertiary/aromatic N) is 1. The van der Waals surface area contributed by atoms with Gasteiger partial charge in [0.2, 0.25) is 0 Å². The number of hydrogen-bond donors (Lipinski definition) is 2. The van der Waals surface area contributed by atoms with E-state index in [9.17, 15) is 0 Å². The number of aliphatic hydroxyl groups excluding tert-OH is 1. The van der Waals surface area contributed by atoms with Crippen LogP contribution in [0, 0.1) is 11.3 Å². The zero-order valence-electron chi connectivity index (χ0n) is 14.1. The maximum absolute atomic E-state index is 9.10. The molecule has 0 saturated heterocycles. The molecule has 0 aliphatic heterocycles. The van der Waals surface area contributed by atoms with Gasteiger partial charge in [0.1, 0.15) is 0 Å². The summed E-state index contributed by atoms with van der Waals surface area (Å²) in [4.78, 5) is 2.57. The topological polar surface area (TPSA) is 35.5 Å². The van der Waals surface area contributed by atoms with Gasteiger partial charge in [-0.2, -0.15) is 0 Å². The fraction of sp³-hybridized carbons (Fsp3) is 1.00. The molecule has 120 valence electrons. The first-order chi connectivity index (χ1) is 9.53. The quantitative estimate of drug-likeness (QED) is 0.683. The predicted molar refractivity (Wildman–Crippen MR) is 87.0 cm³/mol. The minimum atomic E-state index is 0.306. The van der Waals surface area contributed by atoms with Crippen molar-refractivity contribution in [3.8, 4) is 0 Å². The van der Waals surface area contributed by atoms with Gasteiger partial charge in [-0.15, -0.1) is 0 Å². The second-order valence-corrected chi connectivity index (χ2v) is 7.10. The molecule has 0 unspecified atom stereocenters. The van der Waals surface area contributed by atoms with Crippen molar-refractivity contribution in [2.45, 2.75) is 65.8 Å². The van der Waals surface area contributed by atoms with E-state index in [0.29, 0.717) is 18.1 Å². The van der Waals surface area contributed by atoms with E-state index in [1.807, 2.05) is 0 Å². The van der Waals surface area contributed by atoms with Gasteiger partial charge >= 0.3 is 0 Å². The van der Waals surface area contributed by atoms with Crippen molar-refractivity contribution in [3.05, 3.63) is 0 Å². The van der Waals surface area contributed by atoms with Gasteiger partial charge in [-0.3, -0.25) is 0 Å². The number of rotatable bonds is 9. The van der Waals surface area contributed by atoms with Crippen molar-refractivity contribution in [1.29, 1.82) is 0 Å². The Hall–Kier alpha value is -0.120. The molecular weight excluding hydrogens is 248 g/mol. The van der Waals surface area contributed by atoms with Gasteiger partial charge < -0.3 is 15.3 Å². The first kappa shape index (κ1) is 17.9. The highest BCUT2D eigenvalue weighted by Gasteiger charge is 2.35. The average molecular weight is 284 g/mol. The third-order valence-electron chi connectivity index (χ3n) is 4.96. The molecule has 20 heavy (non-hydrogen) atoms. The van der Waals surface area contributed by atoms with E-state index in [2.05, 4.69) is 37.9 Å². The van der Waals surface area contributed by atoms with E-state index in [1.165, 1.54) is 32.2 Å². The van der Waals surface area contributed by atoms with Crippen LogP contribution in [0.4, 0.5) is 0 Å². The molecule has 0 aromatic heterocycles. The Morgan fingerprint density at radius 3 is 2.45 bits per heavy atom. The molecule has 3 nitrogen and oxygen atoms in total. The highest BCUT2D eigenvalue weighted by atomic mass is 16.3. The molecule has 0 heterocycles. The van der Waals surface area contributed by atoms with E-state index in [4.69, 9.17) is 5.11 Å². The molecule has 0 aromatic rings. The van der Waals surface area contributed by atoms with Crippen LogP contribution in [0.2, 0.25) is 0 Å². The highest BCUT2D eigenvalue weighted by Crippen LogP contribution is 2.39. The van der Waals surface area contributed by atoms with Gasteiger partial charge in [0.25, 0.3) is 0 Å². The summed E-state index contributed by atoms with van der Waals surface area (Å²) in [5.41, 5.74) is 0.447. The smallest absolute Gasteiger partial charge is 0.0443 e. The van der Waals surface area contributed by atoms with Crippen LogP contribution < -0.4 is 5.32 Å². The van der Waals surface area contributed by atoms with Crippen LogP contribution in [-0.4, -0.2) is 48.8 Å². The Kier molecular flexibility index (Phi) is 8.08. The Morgan fingerprint density at radius 2 is 1.95 bits per heavy atom. The predicted octanol–water partition coefficient (Wildman–Crippen LogP) is 2.89. The maximum atomic E-state index is 9.10. The molecule has 0 atom stereocenters. The molecule has 1 saturated carbocycles. The molecule has 0 radical (unpaired) electrons. The van der Waals surface area contributed by atoms with Gasteiger partial charge in [0.15, 0.2) is 0 Å². The van der Waals surface area contributed by atoms with Crippen LogP contribution in [0.25, 0.3) is 0 Å². The molecule has 3 heteroatoms. The zero-order valence-corrected chi connectivity index (χ0v) is 14.1. The largest absolute Gasteiger partial charge is 0.396 e. The third kappa shape index (κ3) is 5.71. The molecule has 2 N–H and O–H groups in total. The summed E-state index contributed by atoms with van der Waals surface area (Å²) < 4.78 is 0. The Labute approximate surface area is 126 Å². The van der Waals surface area contributed by atoms with E-state index in [0.717, 1.165) is 32.0 Å². The lowest BCUT2D eigenvalue weighted by Gasteiger charge is -2.44. The first-order valence-corrected chi connectivity index (χ1v) is 8.58. The summed E-state index contributed by atoms with van der Waals surface area (Å²) in [6, 6.07) is 0.569. The number of aliphatic hydroxyl groups is 1. The van der Waals surface area contributed by atoms with Crippen LogP contribution in [0.5, 0.6) is 0 Å². The van der Waals surface area contributed by atoms with Gasteiger partial charge in [-0.25, -0.2) is 0 Å². The van der Waals surface area contributed by atoms with Crippen molar-refractivity contribution in [2.75, 3.05) is 32.8 Å². The summed E-state index contributed by atoms with van der Waals surface area (Å²) in [6.07, 6.45) is 6.34. The lowest BCUT2D eigenvalue weighted by Crippen LogP contribution is -2.48. The van der Waals surface area contributed by atoms with E-state index < -0.39 is 0 Å². The number of nitrogens with one attached hydrogen (secondary N) is 1. The molecule has 0 amide bonds. The molecule has 0 spiro atoms. The molecule has 1 rings (SSSR count). The summed E-state index contributed by atoms with van der Waals surface area (Å²) >= 11 is 0. The van der Waals surface area contributed by atoms with Crippen LogP contribution in [0.1, 0.15) is 59.8 Å². The highest BCUT2D eigenvalue weighted by molar-refractivity contribution is 4.90. The Balaban J connectivity index is 2.65. The summed E-state index contributed by atoms with van der Waals surface area (Å²) in [5.74, 6) is 0.898. The monoisotopic (exact) mass is 284 g/mol. The zero-order chi connectivity index (χ0) is 15.0. The lowest BCUT2D eigenvalue weighted by atomic mass is 9.70. The molecule has 0 aromatic carbocycles. The fourth-order valence-electron chi connectivity index (χ4n) is 3.38. The average Bonchev–Trinajstić information content (AvgIpc) is 2.44. The summed E-state index contributed by atoms with van der Waals surface area (Å²) in [6.45, 7) is 13.9. The maximum Gasteiger partial charge on any atom is 0.0443 e. The molecule has 1 aliphatic carbocycles. The second-order valence-electron chi connectivity index (χ2n) is 7.10. The minimum Gasteiger partial charge on any atom is -0.396 e. The third-order valence-corrected chi connectivity index (χ3v) is 4.96. The van der Waals surface area contributed by atoms with E-state index >= 15 is 0 Å². The number of hydrogen-bond acceptors (Lipinski definition) is 3. The van der Waals surface area contributed by atoms with Gasteiger partial charge in [-0.05, 0) is 51.0 Å². The van der Waals surface area contributed by atoms with Crippen molar-refractivity contribution in [3.63, 3.8) is 0 Å². The summed E-state index contributed by atoms with van der Waals surface area (Å²) in [7, 11) is 0. The van der Waals surface area contributed by atoms with Crippen LogP contribution >= 0.6 is 0 Å². The second kappa shape index (κ2) is 9.01. The van der Waals surface area contributed by atoms with Crippen LogP contribution in [0.3, 0.4) is 0 Å². The first-order valence-electron chi connectivity index (χ1n) is 8.58. The van der Waals surface area contributed by atoms with Crippen LogP contribution in [-0.2, 0) is 0 Å². The Bertz CT molecular complexity index is 242. The van der Waals surface area contributed by atoms with E-state index in [1.54, 1.807) is 0 Å². The SMILES string of the molecule is CCNCC1(CN(CCCO)C(C)C)CCC(C)CC1. The molecule has 0 bridgehead atoms. The van der Waals surface area contributed by atoms with Gasteiger partial charge in [0.05, 0.1) is 0 Å². The Morgan fingerprint density at radius 1 is 1.30 bits per heavy atom. The summed E-state index contributed by atoms with van der Waals surface area (Å²) in [5, 5.41) is 12.7. The fourth-order valence-corrected chi connectivity index (χ4v) is 3.38.